The average Bonchev–Trinajstić information content (AvgIpc) is 3.15. The van der Waals surface area contributed by atoms with Gasteiger partial charge in [0, 0.05) is 19.8 Å². The third-order valence-corrected chi connectivity index (χ3v) is 8.14. The van der Waals surface area contributed by atoms with Crippen LogP contribution in [0.2, 0.25) is 0 Å². The minimum atomic E-state index is -0.498. The Morgan fingerprint density at radius 3 is 1.38 bits per heavy atom. The normalized spacial score (nSPS) is 12.9. The summed E-state index contributed by atoms with van der Waals surface area (Å²) in [4.78, 5) is 0. The smallest absolute Gasteiger partial charge is 0.197 e. The monoisotopic (exact) mass is 785 g/mol. The number of methoxy groups -OCH3 is 2. The average molecular weight is 785 g/mol. The van der Waals surface area contributed by atoms with Gasteiger partial charge in [0.05, 0.1) is 106 Å². The van der Waals surface area contributed by atoms with E-state index in [4.69, 9.17) is 56.8 Å². The van der Waals surface area contributed by atoms with Gasteiger partial charge in [-0.25, -0.2) is 0 Å². The van der Waals surface area contributed by atoms with Crippen molar-refractivity contribution in [1.82, 2.24) is 0 Å². The van der Waals surface area contributed by atoms with E-state index in [2.05, 4.69) is 52.0 Å². The van der Waals surface area contributed by atoms with E-state index >= 15 is 0 Å². The highest BCUT2D eigenvalue weighted by Crippen LogP contribution is 2.34. The molecule has 2 atom stereocenters. The Kier molecular flexibility index (Phi) is 33.6. The fourth-order valence-corrected chi connectivity index (χ4v) is 5.12. The van der Waals surface area contributed by atoms with E-state index in [0.717, 1.165) is 61.2 Å². The van der Waals surface area contributed by atoms with Gasteiger partial charge in [-0.15, -0.1) is 0 Å². The molecule has 0 aliphatic heterocycles. The maximum Gasteiger partial charge on any atom is 0.197 e. The lowest BCUT2D eigenvalue weighted by Gasteiger charge is -2.23. The second kappa shape index (κ2) is 36.3. The van der Waals surface area contributed by atoms with E-state index in [-0.39, 0.29) is 0 Å². The molecular formula is C43H76O12. The first kappa shape index (κ1) is 50.9. The van der Waals surface area contributed by atoms with Crippen molar-refractivity contribution in [3.8, 4) is 11.5 Å². The molecule has 0 radical (unpaired) electrons. The van der Waals surface area contributed by atoms with Crippen LogP contribution in [0.15, 0.2) is 35.4 Å². The zero-order valence-corrected chi connectivity index (χ0v) is 35.6. The van der Waals surface area contributed by atoms with E-state index < -0.39 is 12.6 Å². The molecule has 0 heterocycles. The molecule has 0 aromatic heterocycles. The van der Waals surface area contributed by atoms with E-state index in [1.54, 1.807) is 14.2 Å². The highest BCUT2D eigenvalue weighted by molar-refractivity contribution is 5.49. The summed E-state index contributed by atoms with van der Waals surface area (Å²) in [5, 5.41) is 0. The summed E-state index contributed by atoms with van der Waals surface area (Å²) < 4.78 is 68.3. The Hall–Kier alpha value is -2.10. The molecule has 0 spiro atoms. The summed E-state index contributed by atoms with van der Waals surface area (Å²) in [6.45, 7) is 20.5. The molecule has 55 heavy (non-hydrogen) atoms. The standard InChI is InChI=1S/C43H76O12/c1-9-10-11-15-40-34-42(54-38(5)52-32-30-50-28-26-48-24-22-46-20-18-44-7)41(17-16-37(4)14-12-13-36(2)3)43(35-40)55-39(6)53-33-31-51-29-27-49-25-23-47-21-19-45-8/h13,16,34-35,38-39H,9-12,14-15,17-33H2,1-8H3/b37-16+. The second-order valence-electron chi connectivity index (χ2n) is 13.4. The molecule has 320 valence electrons. The number of aryl methyl sites for hydroxylation is 1. The molecule has 12 nitrogen and oxygen atoms in total. The molecular weight excluding hydrogens is 708 g/mol. The van der Waals surface area contributed by atoms with Gasteiger partial charge in [0.1, 0.15) is 11.5 Å². The third kappa shape index (κ3) is 29.8. The molecule has 0 saturated heterocycles. The summed E-state index contributed by atoms with van der Waals surface area (Å²) in [5.74, 6) is 1.51. The van der Waals surface area contributed by atoms with Gasteiger partial charge >= 0.3 is 0 Å². The lowest BCUT2D eigenvalue weighted by atomic mass is 10.00. The lowest BCUT2D eigenvalue weighted by molar-refractivity contribution is -0.0901. The molecule has 0 bridgehead atoms. The van der Waals surface area contributed by atoms with Crippen molar-refractivity contribution in [2.75, 3.05) is 120 Å². The molecule has 1 aromatic carbocycles. The predicted molar refractivity (Wildman–Crippen MR) is 217 cm³/mol. The third-order valence-electron chi connectivity index (χ3n) is 8.14. The van der Waals surface area contributed by atoms with Crippen LogP contribution in [-0.2, 0) is 60.2 Å². The molecule has 0 amide bonds. The van der Waals surface area contributed by atoms with E-state index in [1.165, 1.54) is 11.1 Å². The molecule has 0 N–H and O–H groups in total. The quantitative estimate of drug-likeness (QED) is 0.0374. The van der Waals surface area contributed by atoms with Gasteiger partial charge < -0.3 is 56.8 Å². The molecule has 0 aliphatic carbocycles. The summed E-state index contributed by atoms with van der Waals surface area (Å²) >= 11 is 0. The molecule has 12 heteroatoms. The first-order chi connectivity index (χ1) is 26.8. The van der Waals surface area contributed by atoms with Crippen LogP contribution < -0.4 is 9.47 Å². The lowest BCUT2D eigenvalue weighted by Crippen LogP contribution is -2.22. The van der Waals surface area contributed by atoms with E-state index in [9.17, 15) is 0 Å². The van der Waals surface area contributed by atoms with Gasteiger partial charge in [0.2, 0.25) is 0 Å². The molecule has 0 fully saturated rings. The number of allylic oxidation sites excluding steroid dienone is 4. The summed E-state index contributed by atoms with van der Waals surface area (Å²) in [6.07, 6.45) is 10.5. The Labute approximate surface area is 333 Å². The number of unbranched alkanes of at least 4 members (excludes halogenated alkanes) is 2. The topological polar surface area (TPSA) is 111 Å². The first-order valence-corrected chi connectivity index (χ1v) is 20.3. The van der Waals surface area contributed by atoms with Crippen LogP contribution in [-0.4, -0.2) is 133 Å². The van der Waals surface area contributed by atoms with Crippen LogP contribution in [0.1, 0.15) is 84.8 Å². The fraction of sp³-hybridized carbons (Fsp3) is 0.767. The Morgan fingerprint density at radius 2 is 0.982 bits per heavy atom. The Balaban J connectivity index is 2.85. The first-order valence-electron chi connectivity index (χ1n) is 20.3. The summed E-state index contributed by atoms with van der Waals surface area (Å²) in [6, 6.07) is 4.29. The van der Waals surface area contributed by atoms with Crippen molar-refractivity contribution < 1.29 is 56.8 Å². The van der Waals surface area contributed by atoms with Crippen LogP contribution in [0, 0.1) is 0 Å². The SMILES string of the molecule is CCCCCc1cc(OC(C)OCCOCCOCCOCCOC)c(C/C=C(\C)CCC=C(C)C)c(OC(C)OCCOCCOCCOCCOC)c1. The number of benzene rings is 1. The molecule has 1 rings (SSSR count). The van der Waals surface area contributed by atoms with Gasteiger partial charge in [0.15, 0.2) is 12.6 Å². The van der Waals surface area contributed by atoms with Gasteiger partial charge in [-0.1, -0.05) is 43.1 Å². The maximum absolute atomic E-state index is 6.51. The van der Waals surface area contributed by atoms with E-state index in [1.807, 2.05) is 13.8 Å². The zero-order valence-electron chi connectivity index (χ0n) is 35.6. The van der Waals surface area contributed by atoms with Gasteiger partial charge in [-0.2, -0.15) is 0 Å². The minimum Gasteiger partial charge on any atom is -0.465 e. The van der Waals surface area contributed by atoms with Gasteiger partial charge in [-0.3, -0.25) is 0 Å². The van der Waals surface area contributed by atoms with Crippen LogP contribution in [0.4, 0.5) is 0 Å². The van der Waals surface area contributed by atoms with Crippen molar-refractivity contribution in [1.29, 1.82) is 0 Å². The largest absolute Gasteiger partial charge is 0.465 e. The van der Waals surface area contributed by atoms with Crippen molar-refractivity contribution >= 4 is 0 Å². The number of hydrogen-bond acceptors (Lipinski definition) is 12. The molecule has 0 saturated carbocycles. The van der Waals surface area contributed by atoms with Crippen LogP contribution in [0.3, 0.4) is 0 Å². The van der Waals surface area contributed by atoms with Gasteiger partial charge in [-0.05, 0) is 84.4 Å². The van der Waals surface area contributed by atoms with Crippen LogP contribution in [0.5, 0.6) is 11.5 Å². The zero-order chi connectivity index (χ0) is 40.2. The highest BCUT2D eigenvalue weighted by atomic mass is 16.7. The highest BCUT2D eigenvalue weighted by Gasteiger charge is 2.18. The fourth-order valence-electron chi connectivity index (χ4n) is 5.12. The predicted octanol–water partition coefficient (Wildman–Crippen LogP) is 7.53. The van der Waals surface area contributed by atoms with Crippen molar-refractivity contribution in [3.05, 3.63) is 46.6 Å². The minimum absolute atomic E-state index is 0.391. The molecule has 1 aromatic rings. The van der Waals surface area contributed by atoms with Crippen molar-refractivity contribution in [3.63, 3.8) is 0 Å². The van der Waals surface area contributed by atoms with E-state index in [0.29, 0.717) is 112 Å². The van der Waals surface area contributed by atoms with Crippen molar-refractivity contribution in [2.45, 2.75) is 99.1 Å². The number of ether oxygens (including phenoxy) is 12. The summed E-state index contributed by atoms with van der Waals surface area (Å²) in [7, 11) is 3.31. The maximum atomic E-state index is 6.51. The number of hydrogen-bond donors (Lipinski definition) is 0. The van der Waals surface area contributed by atoms with Crippen LogP contribution >= 0.6 is 0 Å². The van der Waals surface area contributed by atoms with Crippen LogP contribution in [0.25, 0.3) is 0 Å². The molecule has 0 aliphatic rings. The second-order valence-corrected chi connectivity index (χ2v) is 13.4. The Morgan fingerprint density at radius 1 is 0.564 bits per heavy atom. The summed E-state index contributed by atoms with van der Waals surface area (Å²) in [5.41, 5.74) is 4.77. The van der Waals surface area contributed by atoms with Crippen molar-refractivity contribution in [2.24, 2.45) is 0 Å². The van der Waals surface area contributed by atoms with Gasteiger partial charge in [0.25, 0.3) is 0 Å². The number of rotatable bonds is 39. The Bertz CT molecular complexity index is 1030. The molecule has 2 unspecified atom stereocenters.